The molecule has 7 nitrogen and oxygen atoms in total. The zero-order valence-electron chi connectivity index (χ0n) is 13.9. The number of fused-ring (bicyclic) bond motifs is 1. The molecule has 1 aromatic heterocycles. The molecule has 1 aliphatic heterocycles. The predicted molar refractivity (Wildman–Crippen MR) is 96.1 cm³/mol. The smallest absolute Gasteiger partial charge is 0.294 e. The lowest BCUT2D eigenvalue weighted by Gasteiger charge is -2.05. The maximum Gasteiger partial charge on any atom is 0.294 e. The van der Waals surface area contributed by atoms with Gasteiger partial charge >= 0.3 is 0 Å². The van der Waals surface area contributed by atoms with Crippen LogP contribution in [0.2, 0.25) is 0 Å². The van der Waals surface area contributed by atoms with E-state index in [1.54, 1.807) is 13.2 Å². The fraction of sp³-hybridized carbons (Fsp3) is 0.105. The number of benzene rings is 2. The van der Waals surface area contributed by atoms with Gasteiger partial charge in [-0.25, -0.2) is 4.99 Å². The van der Waals surface area contributed by atoms with Gasteiger partial charge in [0.25, 0.3) is 5.91 Å². The van der Waals surface area contributed by atoms with E-state index in [4.69, 9.17) is 9.15 Å². The Hall–Kier alpha value is -3.61. The Morgan fingerprint density at radius 2 is 2.04 bits per heavy atom. The minimum Gasteiger partial charge on any atom is -0.497 e. The van der Waals surface area contributed by atoms with Gasteiger partial charge in [-0.05, 0) is 17.7 Å². The van der Waals surface area contributed by atoms with Gasteiger partial charge in [0.15, 0.2) is 0 Å². The van der Waals surface area contributed by atoms with Crippen LogP contribution in [0.1, 0.15) is 10.6 Å². The molecule has 7 heteroatoms. The number of hydrogen-bond acceptors (Lipinski definition) is 5. The molecule has 0 radical (unpaired) electrons. The Labute approximate surface area is 148 Å². The molecule has 0 aliphatic carbocycles. The van der Waals surface area contributed by atoms with E-state index in [0.717, 1.165) is 10.9 Å². The van der Waals surface area contributed by atoms with E-state index < -0.39 is 5.91 Å². The van der Waals surface area contributed by atoms with E-state index in [2.05, 4.69) is 15.6 Å². The lowest BCUT2D eigenvalue weighted by atomic mass is 10.0. The molecular weight excluding hydrogens is 334 g/mol. The van der Waals surface area contributed by atoms with Crippen molar-refractivity contribution in [3.63, 3.8) is 0 Å². The van der Waals surface area contributed by atoms with E-state index in [-0.39, 0.29) is 24.2 Å². The minimum atomic E-state index is -0.486. The van der Waals surface area contributed by atoms with Crippen LogP contribution in [0.15, 0.2) is 57.9 Å². The molecule has 2 N–H and O–H groups in total. The maximum absolute atomic E-state index is 12.8. The second-order valence-electron chi connectivity index (χ2n) is 5.70. The van der Waals surface area contributed by atoms with Gasteiger partial charge in [-0.15, -0.1) is 0 Å². The highest BCUT2D eigenvalue weighted by Gasteiger charge is 2.24. The average Bonchev–Trinajstić information content (AvgIpc) is 3.25. The number of rotatable bonds is 3. The molecule has 0 spiro atoms. The van der Waals surface area contributed by atoms with Crippen LogP contribution in [0.25, 0.3) is 22.1 Å². The molecular formula is C19H15N3O4. The summed E-state index contributed by atoms with van der Waals surface area (Å²) in [6.07, 6.45) is 0. The molecule has 0 bridgehead atoms. The summed E-state index contributed by atoms with van der Waals surface area (Å²) in [5.74, 6) is 0.142. The van der Waals surface area contributed by atoms with Crippen molar-refractivity contribution < 1.29 is 18.7 Å². The molecule has 0 unspecified atom stereocenters. The quantitative estimate of drug-likeness (QED) is 0.759. The lowest BCUT2D eigenvalue weighted by Crippen LogP contribution is -2.40. The fourth-order valence-electron chi connectivity index (χ4n) is 2.85. The van der Waals surface area contributed by atoms with E-state index in [0.29, 0.717) is 16.9 Å². The third-order valence-electron chi connectivity index (χ3n) is 4.04. The van der Waals surface area contributed by atoms with Crippen LogP contribution in [-0.4, -0.2) is 31.4 Å². The highest BCUT2D eigenvalue weighted by atomic mass is 16.5. The summed E-state index contributed by atoms with van der Waals surface area (Å²) in [4.78, 5) is 27.9. The van der Waals surface area contributed by atoms with Gasteiger partial charge in [0.2, 0.25) is 17.6 Å². The van der Waals surface area contributed by atoms with Crippen molar-refractivity contribution in [2.75, 3.05) is 13.7 Å². The molecule has 4 rings (SSSR count). The molecule has 26 heavy (non-hydrogen) atoms. The molecule has 2 heterocycles. The van der Waals surface area contributed by atoms with Crippen LogP contribution >= 0.6 is 0 Å². The van der Waals surface area contributed by atoms with Gasteiger partial charge in [0.1, 0.15) is 17.9 Å². The molecule has 0 atom stereocenters. The van der Waals surface area contributed by atoms with Crippen molar-refractivity contribution in [3.05, 3.63) is 54.3 Å². The van der Waals surface area contributed by atoms with Gasteiger partial charge in [-0.2, -0.15) is 0 Å². The van der Waals surface area contributed by atoms with Gasteiger partial charge < -0.3 is 9.15 Å². The summed E-state index contributed by atoms with van der Waals surface area (Å²) >= 11 is 0. The van der Waals surface area contributed by atoms with Gasteiger partial charge in [-0.1, -0.05) is 30.3 Å². The average molecular weight is 349 g/mol. The van der Waals surface area contributed by atoms with Crippen molar-refractivity contribution in [1.82, 2.24) is 10.6 Å². The topological polar surface area (TPSA) is 92.9 Å². The summed E-state index contributed by atoms with van der Waals surface area (Å²) in [5.41, 5.74) is 2.05. The van der Waals surface area contributed by atoms with Crippen LogP contribution in [0.3, 0.4) is 0 Å². The van der Waals surface area contributed by atoms with Gasteiger partial charge in [-0.3, -0.25) is 20.2 Å². The van der Waals surface area contributed by atoms with E-state index in [1.165, 1.54) is 0 Å². The predicted octanol–water partition coefficient (Wildman–Crippen LogP) is 2.32. The highest BCUT2D eigenvalue weighted by molar-refractivity contribution is 6.15. The normalized spacial score (nSPS) is 13.4. The Kier molecular flexibility index (Phi) is 3.89. The molecule has 130 valence electrons. The molecule has 2 amide bonds. The highest BCUT2D eigenvalue weighted by Crippen LogP contribution is 2.36. The van der Waals surface area contributed by atoms with Crippen LogP contribution < -0.4 is 15.4 Å². The summed E-state index contributed by atoms with van der Waals surface area (Å²) in [7, 11) is 1.57. The van der Waals surface area contributed by atoms with Crippen molar-refractivity contribution in [2.24, 2.45) is 4.99 Å². The first-order valence-corrected chi connectivity index (χ1v) is 7.97. The number of nitrogens with zero attached hydrogens (tertiary/aromatic N) is 1. The summed E-state index contributed by atoms with van der Waals surface area (Å²) in [5, 5.41) is 5.85. The zero-order valence-corrected chi connectivity index (χ0v) is 13.9. The molecule has 3 aromatic rings. The summed E-state index contributed by atoms with van der Waals surface area (Å²) < 4.78 is 11.1. The Balaban J connectivity index is 1.82. The van der Waals surface area contributed by atoms with Crippen LogP contribution in [0, 0.1) is 0 Å². The largest absolute Gasteiger partial charge is 0.497 e. The standard InChI is InChI=1S/C19H15N3O4/c1-25-12-7-8-13-14(9-12)26-17(16(13)11-5-3-2-4-6-11)18(24)22-19-20-10-15(23)21-19/h2-9H,10H2,1H3,(H2,20,21,22,23,24). The molecule has 2 aromatic carbocycles. The number of aliphatic imine (C=N–C) groups is 1. The number of methoxy groups -OCH3 is 1. The number of nitrogens with one attached hydrogen (secondary N) is 2. The molecule has 0 saturated heterocycles. The fourth-order valence-corrected chi connectivity index (χ4v) is 2.85. The number of hydrogen-bond donors (Lipinski definition) is 2. The second-order valence-corrected chi connectivity index (χ2v) is 5.70. The number of guanidine groups is 1. The Bertz CT molecular complexity index is 1040. The van der Waals surface area contributed by atoms with Crippen molar-refractivity contribution in [1.29, 1.82) is 0 Å². The minimum absolute atomic E-state index is 0.00150. The van der Waals surface area contributed by atoms with Gasteiger partial charge in [0, 0.05) is 17.0 Å². The first-order valence-electron chi connectivity index (χ1n) is 7.97. The Morgan fingerprint density at radius 3 is 2.73 bits per heavy atom. The molecule has 1 aliphatic rings. The number of carbonyl (C=O) groups excluding carboxylic acids is 2. The van der Waals surface area contributed by atoms with Crippen molar-refractivity contribution in [2.45, 2.75) is 0 Å². The SMILES string of the molecule is COc1ccc2c(-c3ccccc3)c(C(=O)NC3=NCC(=O)N3)oc2c1. The van der Waals surface area contributed by atoms with Crippen LogP contribution in [0.4, 0.5) is 0 Å². The van der Waals surface area contributed by atoms with E-state index in [1.807, 2.05) is 42.5 Å². The maximum atomic E-state index is 12.8. The number of ether oxygens (including phenoxy) is 1. The lowest BCUT2D eigenvalue weighted by molar-refractivity contribution is -0.117. The van der Waals surface area contributed by atoms with Crippen LogP contribution in [-0.2, 0) is 4.79 Å². The first kappa shape index (κ1) is 15.9. The van der Waals surface area contributed by atoms with Crippen molar-refractivity contribution in [3.8, 4) is 16.9 Å². The molecule has 0 saturated carbocycles. The van der Waals surface area contributed by atoms with Gasteiger partial charge in [0.05, 0.1) is 7.11 Å². The van der Waals surface area contributed by atoms with Crippen LogP contribution in [0.5, 0.6) is 5.75 Å². The Morgan fingerprint density at radius 1 is 1.23 bits per heavy atom. The second kappa shape index (κ2) is 6.36. The monoisotopic (exact) mass is 349 g/mol. The number of furan rings is 1. The third kappa shape index (κ3) is 2.79. The zero-order chi connectivity index (χ0) is 18.1. The molecule has 0 fully saturated rings. The van der Waals surface area contributed by atoms with E-state index in [9.17, 15) is 9.59 Å². The first-order chi connectivity index (χ1) is 12.7. The summed E-state index contributed by atoms with van der Waals surface area (Å²) in [6, 6.07) is 14.9. The van der Waals surface area contributed by atoms with E-state index >= 15 is 0 Å². The number of amides is 2. The summed E-state index contributed by atoms with van der Waals surface area (Å²) in [6.45, 7) is -0.00150. The third-order valence-corrected chi connectivity index (χ3v) is 4.04. The number of carbonyl (C=O) groups is 2. The van der Waals surface area contributed by atoms with Crippen molar-refractivity contribution >= 4 is 28.7 Å².